The fourth-order valence-corrected chi connectivity index (χ4v) is 2.85. The molecule has 8 nitrogen and oxygen atoms in total. The van der Waals surface area contributed by atoms with E-state index in [2.05, 4.69) is 16.0 Å². The maximum Gasteiger partial charge on any atom is 0.252 e. The Hall–Kier alpha value is -3.39. The fraction of sp³-hybridized carbons (Fsp3) is 0.348. The maximum absolute atomic E-state index is 12.8. The summed E-state index contributed by atoms with van der Waals surface area (Å²) in [7, 11) is 1.56. The quantitative estimate of drug-likeness (QED) is 0.478. The van der Waals surface area contributed by atoms with Gasteiger partial charge in [0.1, 0.15) is 11.8 Å². The maximum atomic E-state index is 12.8. The first-order chi connectivity index (χ1) is 14.9. The second-order valence-electron chi connectivity index (χ2n) is 6.78. The van der Waals surface area contributed by atoms with Crippen molar-refractivity contribution in [2.75, 3.05) is 32.2 Å². The van der Waals surface area contributed by atoms with Crippen molar-refractivity contribution < 1.29 is 23.9 Å². The van der Waals surface area contributed by atoms with Gasteiger partial charge in [-0.05, 0) is 55.3 Å². The molecule has 0 radical (unpaired) electrons. The minimum atomic E-state index is -0.875. The number of carbonyl (C=O) groups excluding carboxylic acids is 3. The van der Waals surface area contributed by atoms with Gasteiger partial charge in [-0.3, -0.25) is 14.4 Å². The number of ether oxygens (including phenoxy) is 2. The van der Waals surface area contributed by atoms with Gasteiger partial charge in [-0.15, -0.1) is 0 Å². The summed E-state index contributed by atoms with van der Waals surface area (Å²) in [6, 6.07) is 12.5. The lowest BCUT2D eigenvalue weighted by Gasteiger charge is -2.19. The minimum Gasteiger partial charge on any atom is -0.497 e. The summed E-state index contributed by atoms with van der Waals surface area (Å²) in [5.74, 6) is -0.262. The van der Waals surface area contributed by atoms with Crippen molar-refractivity contribution in [1.82, 2.24) is 10.6 Å². The molecular weight excluding hydrogens is 398 g/mol. The molecular formula is C23H29N3O5. The molecule has 166 valence electrons. The highest BCUT2D eigenvalue weighted by molar-refractivity contribution is 5.98. The highest BCUT2D eigenvalue weighted by Gasteiger charge is 2.23. The summed E-state index contributed by atoms with van der Waals surface area (Å²) in [6.07, 6.45) is 0.674. The van der Waals surface area contributed by atoms with Gasteiger partial charge < -0.3 is 25.4 Å². The number of methoxy groups -OCH3 is 1. The lowest BCUT2D eigenvalue weighted by Crippen LogP contribution is -2.40. The van der Waals surface area contributed by atoms with Crippen LogP contribution in [0, 0.1) is 0 Å². The van der Waals surface area contributed by atoms with E-state index in [1.54, 1.807) is 55.6 Å². The number of amides is 3. The number of nitrogens with one attached hydrogen (secondary N) is 3. The molecule has 0 spiro atoms. The van der Waals surface area contributed by atoms with Crippen LogP contribution in [0.4, 0.5) is 5.69 Å². The van der Waals surface area contributed by atoms with Gasteiger partial charge in [0.25, 0.3) is 5.91 Å². The number of benzene rings is 2. The van der Waals surface area contributed by atoms with Crippen molar-refractivity contribution >= 4 is 23.4 Å². The SMILES string of the molecule is CCOCCCNC(=O)[C@@H](NC(=O)c1ccc(NC(C)=O)cc1)c1ccc(OC)cc1. The summed E-state index contributed by atoms with van der Waals surface area (Å²) in [5, 5.41) is 8.28. The van der Waals surface area contributed by atoms with Crippen LogP contribution in [-0.4, -0.2) is 44.6 Å². The number of rotatable bonds is 11. The van der Waals surface area contributed by atoms with Crippen molar-refractivity contribution in [2.24, 2.45) is 0 Å². The molecule has 2 aromatic rings. The largest absolute Gasteiger partial charge is 0.497 e. The molecule has 0 aliphatic heterocycles. The van der Waals surface area contributed by atoms with Crippen LogP contribution in [0.3, 0.4) is 0 Å². The lowest BCUT2D eigenvalue weighted by molar-refractivity contribution is -0.123. The Kier molecular flexibility index (Phi) is 9.51. The average molecular weight is 428 g/mol. The highest BCUT2D eigenvalue weighted by atomic mass is 16.5. The van der Waals surface area contributed by atoms with Crippen molar-refractivity contribution in [3.8, 4) is 5.75 Å². The summed E-state index contributed by atoms with van der Waals surface area (Å²) < 4.78 is 10.4. The summed E-state index contributed by atoms with van der Waals surface area (Å²) >= 11 is 0. The molecule has 0 fully saturated rings. The van der Waals surface area contributed by atoms with Crippen molar-refractivity contribution in [3.63, 3.8) is 0 Å². The Bertz CT molecular complexity index is 866. The Morgan fingerprint density at radius 3 is 2.26 bits per heavy atom. The molecule has 0 saturated carbocycles. The zero-order valence-electron chi connectivity index (χ0n) is 18.1. The smallest absolute Gasteiger partial charge is 0.252 e. The Morgan fingerprint density at radius 2 is 1.68 bits per heavy atom. The van der Waals surface area contributed by atoms with Gasteiger partial charge in [-0.2, -0.15) is 0 Å². The van der Waals surface area contributed by atoms with Crippen molar-refractivity contribution in [2.45, 2.75) is 26.3 Å². The van der Waals surface area contributed by atoms with Crippen molar-refractivity contribution in [3.05, 3.63) is 59.7 Å². The molecule has 0 unspecified atom stereocenters. The molecule has 0 heterocycles. The van der Waals surface area contributed by atoms with Crippen LogP contribution < -0.4 is 20.7 Å². The molecule has 2 rings (SSSR count). The summed E-state index contributed by atoms with van der Waals surface area (Å²) in [5.41, 5.74) is 1.59. The van der Waals surface area contributed by atoms with Crippen LogP contribution in [0.2, 0.25) is 0 Å². The van der Waals surface area contributed by atoms with Gasteiger partial charge in [-0.25, -0.2) is 0 Å². The van der Waals surface area contributed by atoms with Crippen molar-refractivity contribution in [1.29, 1.82) is 0 Å². The van der Waals surface area contributed by atoms with E-state index in [-0.39, 0.29) is 11.8 Å². The Balaban J connectivity index is 2.12. The van der Waals surface area contributed by atoms with E-state index < -0.39 is 11.9 Å². The van der Waals surface area contributed by atoms with E-state index in [1.165, 1.54) is 6.92 Å². The molecule has 0 saturated heterocycles. The highest BCUT2D eigenvalue weighted by Crippen LogP contribution is 2.19. The summed E-state index contributed by atoms with van der Waals surface area (Å²) in [4.78, 5) is 36.8. The van der Waals surface area contributed by atoms with Gasteiger partial charge in [0.2, 0.25) is 11.8 Å². The Labute approximate surface area is 182 Å². The molecule has 31 heavy (non-hydrogen) atoms. The first-order valence-electron chi connectivity index (χ1n) is 10.1. The number of anilines is 1. The second kappa shape index (κ2) is 12.3. The molecule has 0 aliphatic carbocycles. The predicted octanol–water partition coefficient (Wildman–Crippen LogP) is 2.67. The Morgan fingerprint density at radius 1 is 1.00 bits per heavy atom. The van der Waals surface area contributed by atoms with E-state index in [4.69, 9.17) is 9.47 Å². The van der Waals surface area contributed by atoms with E-state index in [1.807, 2.05) is 6.92 Å². The van der Waals surface area contributed by atoms with E-state index in [9.17, 15) is 14.4 Å². The van der Waals surface area contributed by atoms with E-state index >= 15 is 0 Å². The molecule has 8 heteroatoms. The molecule has 0 bridgehead atoms. The topological polar surface area (TPSA) is 106 Å². The third-order valence-electron chi connectivity index (χ3n) is 4.42. The van der Waals surface area contributed by atoms with Crippen LogP contribution in [0.1, 0.15) is 42.2 Å². The molecule has 2 aromatic carbocycles. The van der Waals surface area contributed by atoms with Crippen LogP contribution in [-0.2, 0) is 14.3 Å². The average Bonchev–Trinajstić information content (AvgIpc) is 2.77. The summed E-state index contributed by atoms with van der Waals surface area (Å²) in [6.45, 7) is 4.94. The number of carbonyl (C=O) groups is 3. The molecule has 0 aliphatic rings. The monoisotopic (exact) mass is 427 g/mol. The van der Waals surface area contributed by atoms with Gasteiger partial charge in [0.05, 0.1) is 7.11 Å². The van der Waals surface area contributed by atoms with Crippen LogP contribution >= 0.6 is 0 Å². The normalized spacial score (nSPS) is 11.3. The zero-order valence-corrected chi connectivity index (χ0v) is 18.1. The van der Waals surface area contributed by atoms with Crippen LogP contribution in [0.15, 0.2) is 48.5 Å². The van der Waals surface area contributed by atoms with Crippen LogP contribution in [0.25, 0.3) is 0 Å². The molecule has 3 amide bonds. The van der Waals surface area contributed by atoms with Gasteiger partial charge in [-0.1, -0.05) is 12.1 Å². The van der Waals surface area contributed by atoms with Crippen LogP contribution in [0.5, 0.6) is 5.75 Å². The third kappa shape index (κ3) is 7.75. The van der Waals surface area contributed by atoms with Gasteiger partial charge in [0.15, 0.2) is 0 Å². The minimum absolute atomic E-state index is 0.197. The van der Waals surface area contributed by atoms with Gasteiger partial charge in [0, 0.05) is 37.9 Å². The predicted molar refractivity (Wildman–Crippen MR) is 118 cm³/mol. The van der Waals surface area contributed by atoms with Gasteiger partial charge >= 0.3 is 0 Å². The molecule has 0 aromatic heterocycles. The molecule has 1 atom stereocenters. The number of hydrogen-bond donors (Lipinski definition) is 3. The van der Waals surface area contributed by atoms with E-state index in [0.717, 1.165) is 0 Å². The lowest BCUT2D eigenvalue weighted by atomic mass is 10.0. The second-order valence-corrected chi connectivity index (χ2v) is 6.78. The molecule has 3 N–H and O–H groups in total. The zero-order chi connectivity index (χ0) is 22.6. The van der Waals surface area contributed by atoms with E-state index in [0.29, 0.717) is 48.7 Å². The standard InChI is InChI=1S/C23H29N3O5/c1-4-31-15-5-14-24-23(29)21(17-8-12-20(30-3)13-9-17)26-22(28)18-6-10-19(11-7-18)25-16(2)27/h6-13,21H,4-5,14-15H2,1-3H3,(H,24,29)(H,25,27)(H,26,28)/t21-/m0/s1. The first-order valence-corrected chi connectivity index (χ1v) is 10.1. The fourth-order valence-electron chi connectivity index (χ4n) is 2.85. The third-order valence-corrected chi connectivity index (χ3v) is 4.42. The first kappa shape index (κ1) is 23.9. The number of hydrogen-bond acceptors (Lipinski definition) is 5.